The van der Waals surface area contributed by atoms with Crippen LogP contribution >= 0.6 is 11.8 Å². The van der Waals surface area contributed by atoms with Gasteiger partial charge >= 0.3 is 0 Å². The Morgan fingerprint density at radius 3 is 2.77 bits per heavy atom. The molecule has 0 aliphatic carbocycles. The molecule has 2 aromatic carbocycles. The lowest BCUT2D eigenvalue weighted by molar-refractivity contribution is 0.415. The van der Waals surface area contributed by atoms with Crippen LogP contribution in [0.1, 0.15) is 5.56 Å². The minimum Gasteiger partial charge on any atom is -0.497 e. The fraction of sp³-hybridized carbons (Fsp3) is 0.105. The maximum atomic E-state index is 13.8. The van der Waals surface area contributed by atoms with Gasteiger partial charge in [-0.05, 0) is 35.9 Å². The highest BCUT2D eigenvalue weighted by molar-refractivity contribution is 7.98. The van der Waals surface area contributed by atoms with E-state index in [1.807, 2.05) is 42.5 Å². The van der Waals surface area contributed by atoms with Crippen LogP contribution in [0, 0.1) is 5.82 Å². The number of hydrogen-bond acceptors (Lipinski definition) is 5. The van der Waals surface area contributed by atoms with Crippen molar-refractivity contribution >= 4 is 17.4 Å². The summed E-state index contributed by atoms with van der Waals surface area (Å²) in [5.74, 6) is 1.000. The Bertz CT molecular complexity index is 1070. The average molecular weight is 366 g/mol. The van der Waals surface area contributed by atoms with Gasteiger partial charge in [0.1, 0.15) is 11.6 Å². The molecule has 0 aliphatic heterocycles. The normalized spacial score (nSPS) is 11.0. The second kappa shape index (κ2) is 7.13. The van der Waals surface area contributed by atoms with Crippen molar-refractivity contribution in [3.63, 3.8) is 0 Å². The number of ether oxygens (including phenoxy) is 1. The third kappa shape index (κ3) is 3.25. The molecule has 0 radical (unpaired) electrons. The van der Waals surface area contributed by atoms with E-state index in [-0.39, 0.29) is 5.82 Å². The summed E-state index contributed by atoms with van der Waals surface area (Å²) in [7, 11) is 1.63. The quantitative estimate of drug-likeness (QED) is 0.495. The predicted molar refractivity (Wildman–Crippen MR) is 98.7 cm³/mol. The third-order valence-corrected chi connectivity index (χ3v) is 4.88. The largest absolute Gasteiger partial charge is 0.497 e. The van der Waals surface area contributed by atoms with E-state index in [1.54, 1.807) is 23.8 Å². The molecule has 0 saturated carbocycles. The van der Waals surface area contributed by atoms with Gasteiger partial charge in [0.05, 0.1) is 12.8 Å². The molecule has 0 atom stereocenters. The Balaban J connectivity index is 1.65. The maximum Gasteiger partial charge on any atom is 0.212 e. The molecule has 0 aliphatic rings. The van der Waals surface area contributed by atoms with E-state index in [0.29, 0.717) is 22.1 Å². The zero-order valence-electron chi connectivity index (χ0n) is 14.0. The number of rotatable bonds is 5. The van der Waals surface area contributed by atoms with Gasteiger partial charge in [0.15, 0.2) is 5.65 Å². The molecule has 0 bridgehead atoms. The van der Waals surface area contributed by atoms with Gasteiger partial charge < -0.3 is 4.74 Å². The Morgan fingerprint density at radius 1 is 1.04 bits per heavy atom. The zero-order valence-corrected chi connectivity index (χ0v) is 14.8. The fourth-order valence-electron chi connectivity index (χ4n) is 2.55. The lowest BCUT2D eigenvalue weighted by atomic mass is 10.1. The molecule has 26 heavy (non-hydrogen) atoms. The van der Waals surface area contributed by atoms with E-state index < -0.39 is 0 Å². The van der Waals surface area contributed by atoms with Crippen molar-refractivity contribution < 1.29 is 9.13 Å². The van der Waals surface area contributed by atoms with Crippen molar-refractivity contribution in [2.45, 2.75) is 10.9 Å². The fourth-order valence-corrected chi connectivity index (χ4v) is 3.43. The van der Waals surface area contributed by atoms with E-state index in [9.17, 15) is 4.39 Å². The Morgan fingerprint density at radius 2 is 1.92 bits per heavy atom. The molecule has 2 heterocycles. The minimum atomic E-state index is -0.223. The van der Waals surface area contributed by atoms with Crippen LogP contribution in [0.5, 0.6) is 5.75 Å². The topological polar surface area (TPSA) is 52.3 Å². The van der Waals surface area contributed by atoms with Gasteiger partial charge in [0.25, 0.3) is 0 Å². The molecule has 5 nitrogen and oxygen atoms in total. The van der Waals surface area contributed by atoms with E-state index in [0.717, 1.165) is 17.0 Å². The van der Waals surface area contributed by atoms with E-state index in [2.05, 4.69) is 15.3 Å². The number of halogens is 1. The second-order valence-electron chi connectivity index (χ2n) is 5.58. The molecular weight excluding hydrogens is 351 g/mol. The van der Waals surface area contributed by atoms with Crippen LogP contribution in [-0.2, 0) is 5.75 Å². The molecule has 7 heteroatoms. The number of nitrogens with zero attached hydrogens (tertiary/aromatic N) is 4. The number of methoxy groups -OCH3 is 1. The summed E-state index contributed by atoms with van der Waals surface area (Å²) in [5, 5.41) is 13.6. The number of thioether (sulfide) groups is 1. The van der Waals surface area contributed by atoms with Gasteiger partial charge in [-0.3, -0.25) is 0 Å². The first kappa shape index (κ1) is 16.5. The lowest BCUT2D eigenvalue weighted by Gasteiger charge is -2.05. The number of aromatic nitrogens is 4. The van der Waals surface area contributed by atoms with Gasteiger partial charge in [0, 0.05) is 11.3 Å². The van der Waals surface area contributed by atoms with Crippen molar-refractivity contribution in [3.05, 3.63) is 72.0 Å². The van der Waals surface area contributed by atoms with E-state index >= 15 is 0 Å². The zero-order chi connectivity index (χ0) is 17.9. The molecule has 4 rings (SSSR count). The highest BCUT2D eigenvalue weighted by atomic mass is 32.2. The summed E-state index contributed by atoms with van der Waals surface area (Å²) in [6.45, 7) is 0. The molecule has 0 saturated heterocycles. The van der Waals surface area contributed by atoms with E-state index in [4.69, 9.17) is 4.74 Å². The lowest BCUT2D eigenvalue weighted by Crippen LogP contribution is -1.97. The smallest absolute Gasteiger partial charge is 0.212 e. The van der Waals surface area contributed by atoms with Crippen molar-refractivity contribution in [1.82, 2.24) is 19.8 Å². The van der Waals surface area contributed by atoms with Crippen molar-refractivity contribution in [2.75, 3.05) is 7.11 Å². The Kier molecular flexibility index (Phi) is 4.53. The third-order valence-electron chi connectivity index (χ3n) is 3.91. The van der Waals surface area contributed by atoms with Gasteiger partial charge in [0.2, 0.25) is 5.16 Å². The van der Waals surface area contributed by atoms with Crippen molar-refractivity contribution in [3.8, 4) is 17.0 Å². The first-order valence-corrected chi connectivity index (χ1v) is 8.96. The molecule has 0 unspecified atom stereocenters. The second-order valence-corrected chi connectivity index (χ2v) is 6.53. The summed E-state index contributed by atoms with van der Waals surface area (Å²) >= 11 is 1.40. The highest BCUT2D eigenvalue weighted by Crippen LogP contribution is 2.25. The van der Waals surface area contributed by atoms with Crippen LogP contribution < -0.4 is 4.74 Å². The van der Waals surface area contributed by atoms with Crippen LogP contribution in [0.15, 0.2) is 65.8 Å². The molecule has 0 fully saturated rings. The van der Waals surface area contributed by atoms with Gasteiger partial charge in [-0.15, -0.1) is 10.2 Å². The Hall–Kier alpha value is -2.93. The first-order chi connectivity index (χ1) is 12.7. The molecule has 0 amide bonds. The molecular formula is C19H15FN4OS. The monoisotopic (exact) mass is 366 g/mol. The standard InChI is InChI=1S/C19H15FN4OS/c1-25-15-7-4-6-13(11-15)17-9-10-18-21-22-19(24(18)23-17)26-12-14-5-2-3-8-16(14)20/h2-11H,12H2,1H3. The molecule has 0 N–H and O–H groups in total. The molecule has 0 spiro atoms. The molecule has 2 aromatic heterocycles. The van der Waals surface area contributed by atoms with Gasteiger partial charge in [-0.1, -0.05) is 42.1 Å². The van der Waals surface area contributed by atoms with Crippen LogP contribution in [0.4, 0.5) is 4.39 Å². The average Bonchev–Trinajstić information content (AvgIpc) is 3.09. The minimum absolute atomic E-state index is 0.223. The summed E-state index contributed by atoms with van der Waals surface area (Å²) in [6, 6.07) is 18.2. The van der Waals surface area contributed by atoms with Crippen molar-refractivity contribution in [1.29, 1.82) is 0 Å². The summed E-state index contributed by atoms with van der Waals surface area (Å²) in [6.07, 6.45) is 0. The number of fused-ring (bicyclic) bond motifs is 1. The number of benzene rings is 2. The predicted octanol–water partition coefficient (Wildman–Crippen LogP) is 4.23. The highest BCUT2D eigenvalue weighted by Gasteiger charge is 2.11. The molecule has 4 aromatic rings. The number of hydrogen-bond donors (Lipinski definition) is 0. The Labute approximate surface area is 153 Å². The van der Waals surface area contributed by atoms with Crippen LogP contribution in [0.2, 0.25) is 0 Å². The summed E-state index contributed by atoms with van der Waals surface area (Å²) < 4.78 is 20.8. The van der Waals surface area contributed by atoms with Crippen LogP contribution in [0.3, 0.4) is 0 Å². The van der Waals surface area contributed by atoms with Crippen molar-refractivity contribution in [2.24, 2.45) is 0 Å². The first-order valence-electron chi connectivity index (χ1n) is 7.98. The summed E-state index contributed by atoms with van der Waals surface area (Å²) in [5.41, 5.74) is 2.99. The van der Waals surface area contributed by atoms with Crippen LogP contribution in [-0.4, -0.2) is 26.9 Å². The summed E-state index contributed by atoms with van der Waals surface area (Å²) in [4.78, 5) is 0. The van der Waals surface area contributed by atoms with Gasteiger partial charge in [-0.25, -0.2) is 4.39 Å². The SMILES string of the molecule is COc1cccc(-c2ccc3nnc(SCc4ccccc4F)n3n2)c1. The van der Waals surface area contributed by atoms with E-state index in [1.165, 1.54) is 17.8 Å². The maximum absolute atomic E-state index is 13.8. The van der Waals surface area contributed by atoms with Crippen LogP contribution in [0.25, 0.3) is 16.9 Å². The molecule has 130 valence electrons. The van der Waals surface area contributed by atoms with Gasteiger partial charge in [-0.2, -0.15) is 9.61 Å².